The summed E-state index contributed by atoms with van der Waals surface area (Å²) in [6, 6.07) is 0. The highest BCUT2D eigenvalue weighted by Gasteiger charge is 2.68. The van der Waals surface area contributed by atoms with Crippen molar-refractivity contribution in [2.75, 3.05) is 13.2 Å². The lowest BCUT2D eigenvalue weighted by molar-refractivity contribution is -0.220. The van der Waals surface area contributed by atoms with Gasteiger partial charge in [0.25, 0.3) is 0 Å². The molecule has 3 nitrogen and oxygen atoms in total. The van der Waals surface area contributed by atoms with Gasteiger partial charge in [0.1, 0.15) is 0 Å². The molecule has 182 valence electrons. The Hall–Kier alpha value is -0.380. The van der Waals surface area contributed by atoms with Crippen LogP contribution in [0, 0.1) is 44.8 Å². The molecule has 2 N–H and O–H groups in total. The largest absolute Gasteiger partial charge is 0.396 e. The van der Waals surface area contributed by atoms with Gasteiger partial charge in [0.2, 0.25) is 0 Å². The lowest BCUT2D eigenvalue weighted by Crippen LogP contribution is -2.65. The molecule has 1 aliphatic heterocycles. The van der Waals surface area contributed by atoms with Crippen LogP contribution in [0.2, 0.25) is 0 Å². The lowest BCUT2D eigenvalue weighted by atomic mass is 9.34. The van der Waals surface area contributed by atoms with Gasteiger partial charge in [0, 0.05) is 5.41 Å². The zero-order valence-electron chi connectivity index (χ0n) is 21.8. The molecule has 5 aliphatic rings. The van der Waals surface area contributed by atoms with Crippen molar-refractivity contribution in [3.8, 4) is 0 Å². The molecule has 0 amide bonds. The van der Waals surface area contributed by atoms with Crippen LogP contribution >= 0.6 is 0 Å². The highest BCUT2D eigenvalue weighted by atomic mass is 16.5. The zero-order chi connectivity index (χ0) is 23.4. The predicted octanol–water partition coefficient (Wildman–Crippen LogP) is 6.13. The monoisotopic (exact) mass is 444 g/mol. The number of aliphatic hydroxyl groups is 2. The van der Waals surface area contributed by atoms with Crippen molar-refractivity contribution in [2.24, 2.45) is 44.8 Å². The van der Waals surface area contributed by atoms with Gasteiger partial charge in [-0.15, -0.1) is 0 Å². The topological polar surface area (TPSA) is 49.7 Å². The average Bonchev–Trinajstić information content (AvgIpc) is 2.73. The first-order valence-electron chi connectivity index (χ1n) is 13.4. The van der Waals surface area contributed by atoms with E-state index < -0.39 is 0 Å². The first-order chi connectivity index (χ1) is 14.8. The smallest absolute Gasteiger partial charge is 0.0632 e. The van der Waals surface area contributed by atoms with Crippen LogP contribution < -0.4 is 0 Å². The molecule has 0 radical (unpaired) electrons. The molecule has 0 aromatic carbocycles. The van der Waals surface area contributed by atoms with Gasteiger partial charge in [-0.1, -0.05) is 46.3 Å². The third-order valence-electron chi connectivity index (χ3n) is 12.5. The van der Waals surface area contributed by atoms with Crippen molar-refractivity contribution in [3.63, 3.8) is 0 Å². The highest BCUT2D eigenvalue weighted by molar-refractivity contribution is 5.33. The number of ether oxygens (including phenoxy) is 1. The molecule has 9 atom stereocenters. The fourth-order valence-electron chi connectivity index (χ4n) is 10.0. The maximum atomic E-state index is 10.9. The Morgan fingerprint density at radius 3 is 2.34 bits per heavy atom. The molecule has 1 heterocycles. The number of aliphatic hydroxyl groups excluding tert-OH is 2. The minimum Gasteiger partial charge on any atom is -0.396 e. The van der Waals surface area contributed by atoms with Crippen molar-refractivity contribution in [3.05, 3.63) is 11.6 Å². The van der Waals surface area contributed by atoms with Crippen LogP contribution in [0.1, 0.15) is 99.8 Å². The summed E-state index contributed by atoms with van der Waals surface area (Å²) in [5, 5.41) is 21.3. The Morgan fingerprint density at radius 2 is 1.66 bits per heavy atom. The summed E-state index contributed by atoms with van der Waals surface area (Å²) in [7, 11) is 0. The fraction of sp³-hybridized carbons (Fsp3) is 0.931. The van der Waals surface area contributed by atoms with Crippen LogP contribution in [0.3, 0.4) is 0 Å². The predicted molar refractivity (Wildman–Crippen MR) is 129 cm³/mol. The molecule has 32 heavy (non-hydrogen) atoms. The van der Waals surface area contributed by atoms with E-state index in [2.05, 4.69) is 54.5 Å². The van der Waals surface area contributed by atoms with Crippen molar-refractivity contribution >= 4 is 0 Å². The van der Waals surface area contributed by atoms with Gasteiger partial charge in [-0.05, 0) is 105 Å². The second-order valence-electron chi connectivity index (χ2n) is 14.5. The average molecular weight is 445 g/mol. The van der Waals surface area contributed by atoms with Crippen LogP contribution in [-0.4, -0.2) is 35.1 Å². The van der Waals surface area contributed by atoms with Crippen molar-refractivity contribution in [1.29, 1.82) is 0 Å². The minimum atomic E-state index is -0.375. The van der Waals surface area contributed by atoms with Crippen LogP contribution in [0.5, 0.6) is 0 Å². The molecule has 1 saturated heterocycles. The fourth-order valence-corrected chi connectivity index (χ4v) is 10.0. The van der Waals surface area contributed by atoms with E-state index in [9.17, 15) is 10.2 Å². The van der Waals surface area contributed by atoms with Gasteiger partial charge < -0.3 is 14.9 Å². The third kappa shape index (κ3) is 2.77. The quantitative estimate of drug-likeness (QED) is 0.478. The van der Waals surface area contributed by atoms with E-state index in [0.717, 1.165) is 32.3 Å². The molecule has 0 spiro atoms. The maximum absolute atomic E-state index is 10.9. The van der Waals surface area contributed by atoms with Crippen LogP contribution in [0.4, 0.5) is 0 Å². The van der Waals surface area contributed by atoms with E-state index in [4.69, 9.17) is 4.74 Å². The summed E-state index contributed by atoms with van der Waals surface area (Å²) in [5.41, 5.74) is 2.34. The second kappa shape index (κ2) is 6.85. The van der Waals surface area contributed by atoms with Gasteiger partial charge in [-0.3, -0.25) is 0 Å². The van der Waals surface area contributed by atoms with Gasteiger partial charge in [0.05, 0.1) is 24.9 Å². The van der Waals surface area contributed by atoms with E-state index >= 15 is 0 Å². The van der Waals surface area contributed by atoms with Gasteiger partial charge in [-0.25, -0.2) is 0 Å². The van der Waals surface area contributed by atoms with Crippen LogP contribution in [-0.2, 0) is 4.74 Å². The second-order valence-corrected chi connectivity index (χ2v) is 14.5. The van der Waals surface area contributed by atoms with E-state index in [-0.39, 0.29) is 45.4 Å². The van der Waals surface area contributed by atoms with Crippen LogP contribution in [0.25, 0.3) is 0 Å². The van der Waals surface area contributed by atoms with Crippen LogP contribution in [0.15, 0.2) is 11.6 Å². The third-order valence-corrected chi connectivity index (χ3v) is 12.5. The Kier molecular flexibility index (Phi) is 5.00. The van der Waals surface area contributed by atoms with E-state index in [0.29, 0.717) is 17.8 Å². The molecular formula is C29H48O3. The molecule has 0 aromatic heterocycles. The number of rotatable bonds is 1. The first kappa shape index (κ1) is 23.4. The van der Waals surface area contributed by atoms with Crippen molar-refractivity contribution < 1.29 is 14.9 Å². The van der Waals surface area contributed by atoms with Gasteiger partial charge >= 0.3 is 0 Å². The Balaban J connectivity index is 1.57. The Labute approximate surface area is 196 Å². The van der Waals surface area contributed by atoms with Crippen molar-refractivity contribution in [2.45, 2.75) is 112 Å². The van der Waals surface area contributed by atoms with Gasteiger partial charge in [-0.2, -0.15) is 0 Å². The summed E-state index contributed by atoms with van der Waals surface area (Å²) in [4.78, 5) is 0. The van der Waals surface area contributed by atoms with E-state index in [1.165, 1.54) is 25.7 Å². The van der Waals surface area contributed by atoms with Crippen molar-refractivity contribution in [1.82, 2.24) is 0 Å². The summed E-state index contributed by atoms with van der Waals surface area (Å²) in [6.07, 6.45) is 11.4. The lowest BCUT2D eigenvalue weighted by Gasteiger charge is -2.71. The molecule has 0 aromatic rings. The Bertz CT molecular complexity index is 817. The first-order valence-corrected chi connectivity index (χ1v) is 13.4. The SMILES string of the molecule is CC1(C)C[C@@H]2C3=CC[C@@H]4[C@@]5(C)CC[C@H](O)[C@@](C)(CO)C5CC[C@@]4(C)[C@]3(C)CC[C@@]2(C)CO1. The number of hydrogen-bond donors (Lipinski definition) is 2. The standard InChI is InChI=1S/C29H48O3/c1-24(2)16-20-19-8-9-22-26(4)12-11-23(31)27(5,17-30)21(26)10-13-29(22,7)28(19,6)15-14-25(20,3)18-32-24/h8,20-23,30-31H,9-18H2,1-7H3/t20-,21?,22-,23+,25+,26+,27+,28-,29-/m1/s1. The van der Waals surface area contributed by atoms with E-state index in [1.807, 2.05) is 0 Å². The molecule has 4 fully saturated rings. The molecule has 3 saturated carbocycles. The summed E-state index contributed by atoms with van der Waals surface area (Å²) < 4.78 is 6.34. The zero-order valence-corrected chi connectivity index (χ0v) is 21.8. The highest BCUT2D eigenvalue weighted by Crippen LogP contribution is 2.75. The Morgan fingerprint density at radius 1 is 0.938 bits per heavy atom. The normalized spacial score (nSPS) is 56.8. The molecule has 4 aliphatic carbocycles. The molecule has 0 bridgehead atoms. The number of allylic oxidation sites excluding steroid dienone is 2. The summed E-state index contributed by atoms with van der Waals surface area (Å²) in [5.74, 6) is 1.65. The maximum Gasteiger partial charge on any atom is 0.0632 e. The van der Waals surface area contributed by atoms with Gasteiger partial charge in [0.15, 0.2) is 0 Å². The summed E-state index contributed by atoms with van der Waals surface area (Å²) >= 11 is 0. The minimum absolute atomic E-state index is 0.0346. The number of hydrogen-bond acceptors (Lipinski definition) is 3. The molecule has 1 unspecified atom stereocenters. The molecule has 5 rings (SSSR count). The van der Waals surface area contributed by atoms with E-state index in [1.54, 1.807) is 5.57 Å². The molecule has 3 heteroatoms. The number of fused-ring (bicyclic) bond motifs is 7. The summed E-state index contributed by atoms with van der Waals surface area (Å²) in [6.45, 7) is 18.0. The molecular weight excluding hydrogens is 396 g/mol.